The molecule has 1 rings (SSSR count). The Kier molecular flexibility index (Phi) is 3.25. The number of hydrogen-bond acceptors (Lipinski definition) is 2. The molecule has 0 radical (unpaired) electrons. The van der Waals surface area contributed by atoms with Crippen molar-refractivity contribution >= 4 is 15.9 Å². The third-order valence-electron chi connectivity index (χ3n) is 1.35. The van der Waals surface area contributed by atoms with E-state index in [1.165, 1.54) is 25.3 Å². The predicted molar refractivity (Wildman–Crippen MR) is 47.4 cm³/mol. The summed E-state index contributed by atoms with van der Waals surface area (Å²) in [4.78, 5) is 0. The Labute approximate surface area is 86.8 Å². The first-order valence-electron chi connectivity index (χ1n) is 3.51. The van der Waals surface area contributed by atoms with Crippen LogP contribution in [0.4, 0.5) is 13.2 Å². The molecule has 14 heavy (non-hydrogen) atoms. The Morgan fingerprint density at radius 2 is 1.86 bits per heavy atom. The molecule has 0 aromatic heterocycles. The van der Waals surface area contributed by atoms with Crippen LogP contribution < -0.4 is 9.47 Å². The first kappa shape index (κ1) is 11.2. The first-order chi connectivity index (χ1) is 6.42. The molecular weight excluding hydrogens is 265 g/mol. The van der Waals surface area contributed by atoms with Crippen molar-refractivity contribution in [2.45, 2.75) is 6.36 Å². The first-order valence-corrected chi connectivity index (χ1v) is 4.31. The smallest absolute Gasteiger partial charge is 0.493 e. The van der Waals surface area contributed by atoms with Crippen LogP contribution >= 0.6 is 15.9 Å². The molecule has 0 fully saturated rings. The summed E-state index contributed by atoms with van der Waals surface area (Å²) >= 11 is 3.10. The van der Waals surface area contributed by atoms with E-state index in [9.17, 15) is 13.2 Å². The second-order valence-electron chi connectivity index (χ2n) is 2.34. The van der Waals surface area contributed by atoms with Gasteiger partial charge in [-0.15, -0.1) is 13.2 Å². The van der Waals surface area contributed by atoms with Crippen molar-refractivity contribution in [3.8, 4) is 11.5 Å². The summed E-state index contributed by atoms with van der Waals surface area (Å²) in [6, 6.07) is 4.00. The molecule has 0 saturated heterocycles. The molecule has 0 spiro atoms. The molecule has 78 valence electrons. The minimum Gasteiger partial charge on any atom is -0.493 e. The Balaban J connectivity index is 2.97. The summed E-state index contributed by atoms with van der Waals surface area (Å²) in [6.45, 7) is 0. The van der Waals surface area contributed by atoms with Gasteiger partial charge in [0.15, 0.2) is 11.5 Å². The molecule has 0 heterocycles. The lowest BCUT2D eigenvalue weighted by molar-refractivity contribution is -0.275. The van der Waals surface area contributed by atoms with Gasteiger partial charge >= 0.3 is 6.36 Å². The fourth-order valence-corrected chi connectivity index (χ4v) is 1.19. The zero-order chi connectivity index (χ0) is 10.8. The van der Waals surface area contributed by atoms with Gasteiger partial charge in [0.1, 0.15) is 0 Å². The van der Waals surface area contributed by atoms with E-state index in [4.69, 9.17) is 4.74 Å². The topological polar surface area (TPSA) is 18.5 Å². The summed E-state index contributed by atoms with van der Waals surface area (Å²) in [6.07, 6.45) is -4.71. The van der Waals surface area contributed by atoms with Gasteiger partial charge in [-0.1, -0.05) is 15.9 Å². The maximum atomic E-state index is 11.9. The number of alkyl halides is 3. The lowest BCUT2D eigenvalue weighted by Gasteiger charge is -2.12. The zero-order valence-electron chi connectivity index (χ0n) is 7.06. The van der Waals surface area contributed by atoms with Gasteiger partial charge in [0.2, 0.25) is 0 Å². The Hall–Kier alpha value is -0.910. The third kappa shape index (κ3) is 3.10. The summed E-state index contributed by atoms with van der Waals surface area (Å²) < 4.78 is 44.7. The molecule has 0 atom stereocenters. The van der Waals surface area contributed by atoms with Gasteiger partial charge in [0, 0.05) is 4.47 Å². The van der Waals surface area contributed by atoms with Crippen LogP contribution in [0.15, 0.2) is 22.7 Å². The van der Waals surface area contributed by atoms with Gasteiger partial charge in [-0.05, 0) is 18.2 Å². The van der Waals surface area contributed by atoms with Crippen LogP contribution in [0.1, 0.15) is 0 Å². The van der Waals surface area contributed by atoms with Crippen molar-refractivity contribution in [2.75, 3.05) is 7.11 Å². The molecule has 2 nitrogen and oxygen atoms in total. The van der Waals surface area contributed by atoms with E-state index in [2.05, 4.69) is 20.7 Å². The number of methoxy groups -OCH3 is 1. The summed E-state index contributed by atoms with van der Waals surface area (Å²) in [7, 11) is 1.27. The average molecular weight is 271 g/mol. The number of hydrogen-bond donors (Lipinski definition) is 0. The van der Waals surface area contributed by atoms with Crippen molar-refractivity contribution < 1.29 is 22.6 Å². The average Bonchev–Trinajstić information content (AvgIpc) is 2.06. The van der Waals surface area contributed by atoms with Crippen molar-refractivity contribution in [1.82, 2.24) is 0 Å². The van der Waals surface area contributed by atoms with Gasteiger partial charge in [-0.3, -0.25) is 0 Å². The molecule has 0 unspecified atom stereocenters. The van der Waals surface area contributed by atoms with E-state index in [-0.39, 0.29) is 11.5 Å². The molecule has 6 heteroatoms. The van der Waals surface area contributed by atoms with E-state index in [1.54, 1.807) is 0 Å². The van der Waals surface area contributed by atoms with E-state index < -0.39 is 6.36 Å². The van der Waals surface area contributed by atoms with Crippen LogP contribution in [0.3, 0.4) is 0 Å². The molecule has 0 amide bonds. The van der Waals surface area contributed by atoms with Crippen molar-refractivity contribution in [3.63, 3.8) is 0 Å². The standard InChI is InChI=1S/C8H6BrF3O2/c1-13-7-4-5(9)2-3-6(7)14-8(10,11)12/h2-4H,1H3. The summed E-state index contributed by atoms with van der Waals surface area (Å²) in [5.74, 6) is -0.333. The Morgan fingerprint density at radius 1 is 1.21 bits per heavy atom. The predicted octanol–water partition coefficient (Wildman–Crippen LogP) is 3.36. The minimum absolute atomic E-state index is 0.0247. The van der Waals surface area contributed by atoms with E-state index in [0.717, 1.165) is 0 Å². The highest BCUT2D eigenvalue weighted by atomic mass is 79.9. The zero-order valence-corrected chi connectivity index (χ0v) is 8.65. The van der Waals surface area contributed by atoms with Gasteiger partial charge in [0.25, 0.3) is 0 Å². The van der Waals surface area contributed by atoms with Gasteiger partial charge < -0.3 is 9.47 Å². The Morgan fingerprint density at radius 3 is 2.36 bits per heavy atom. The maximum Gasteiger partial charge on any atom is 0.573 e. The minimum atomic E-state index is -4.71. The highest BCUT2D eigenvalue weighted by Gasteiger charge is 2.32. The second kappa shape index (κ2) is 4.08. The molecular formula is C8H6BrF3O2. The number of rotatable bonds is 2. The van der Waals surface area contributed by atoms with E-state index in [0.29, 0.717) is 4.47 Å². The molecule has 0 aliphatic rings. The SMILES string of the molecule is COc1cc(Br)ccc1OC(F)(F)F. The normalized spacial score (nSPS) is 11.2. The van der Waals surface area contributed by atoms with E-state index in [1.807, 2.05) is 0 Å². The largest absolute Gasteiger partial charge is 0.573 e. The second-order valence-corrected chi connectivity index (χ2v) is 3.26. The van der Waals surface area contributed by atoms with Crippen LogP contribution in [-0.2, 0) is 0 Å². The van der Waals surface area contributed by atoms with Crippen LogP contribution in [0.5, 0.6) is 11.5 Å². The van der Waals surface area contributed by atoms with Gasteiger partial charge in [0.05, 0.1) is 7.11 Å². The monoisotopic (exact) mass is 270 g/mol. The quantitative estimate of drug-likeness (QED) is 0.821. The maximum absolute atomic E-state index is 11.9. The highest BCUT2D eigenvalue weighted by molar-refractivity contribution is 9.10. The van der Waals surface area contributed by atoms with Crippen molar-refractivity contribution in [1.29, 1.82) is 0 Å². The number of benzene rings is 1. The van der Waals surface area contributed by atoms with Crippen molar-refractivity contribution in [3.05, 3.63) is 22.7 Å². The number of ether oxygens (including phenoxy) is 2. The molecule has 1 aromatic carbocycles. The van der Waals surface area contributed by atoms with Gasteiger partial charge in [-0.25, -0.2) is 0 Å². The fourth-order valence-electron chi connectivity index (χ4n) is 0.850. The van der Waals surface area contributed by atoms with Crippen molar-refractivity contribution in [2.24, 2.45) is 0 Å². The lowest BCUT2D eigenvalue weighted by Crippen LogP contribution is -2.17. The molecule has 1 aromatic rings. The summed E-state index contributed by atoms with van der Waals surface area (Å²) in [5.41, 5.74) is 0. The van der Waals surface area contributed by atoms with Crippen LogP contribution in [0, 0.1) is 0 Å². The fraction of sp³-hybridized carbons (Fsp3) is 0.250. The molecule has 0 saturated carbocycles. The van der Waals surface area contributed by atoms with Crippen LogP contribution in [0.25, 0.3) is 0 Å². The molecule has 0 aliphatic carbocycles. The molecule has 0 bridgehead atoms. The summed E-state index contributed by atoms with van der Waals surface area (Å²) in [5, 5.41) is 0. The van der Waals surface area contributed by atoms with Crippen LogP contribution in [0.2, 0.25) is 0 Å². The third-order valence-corrected chi connectivity index (χ3v) is 1.84. The Bertz CT molecular complexity index is 325. The van der Waals surface area contributed by atoms with Gasteiger partial charge in [-0.2, -0.15) is 0 Å². The molecule has 0 aliphatic heterocycles. The highest BCUT2D eigenvalue weighted by Crippen LogP contribution is 2.33. The van der Waals surface area contributed by atoms with E-state index >= 15 is 0 Å². The lowest BCUT2D eigenvalue weighted by atomic mass is 10.3. The number of halogens is 4. The molecule has 0 N–H and O–H groups in total. The van der Waals surface area contributed by atoms with Crippen LogP contribution in [-0.4, -0.2) is 13.5 Å².